The van der Waals surface area contributed by atoms with Crippen molar-refractivity contribution in [3.8, 4) is 11.3 Å². The van der Waals surface area contributed by atoms with Crippen LogP contribution < -0.4 is 10.2 Å². The molecule has 144 valence electrons. The van der Waals surface area contributed by atoms with Gasteiger partial charge in [0, 0.05) is 37.8 Å². The fourth-order valence-corrected chi connectivity index (χ4v) is 3.22. The fourth-order valence-electron chi connectivity index (χ4n) is 3.22. The highest BCUT2D eigenvalue weighted by Crippen LogP contribution is 2.22. The minimum Gasteiger partial charge on any atom is -0.449 e. The number of nitrogens with zero attached hydrogens (tertiary/aromatic N) is 4. The van der Waals surface area contributed by atoms with Gasteiger partial charge in [-0.15, -0.1) is 10.2 Å². The number of nitrogens with one attached hydrogen (secondary N) is 1. The summed E-state index contributed by atoms with van der Waals surface area (Å²) in [5.74, 6) is 1.29. The number of aryl methyl sites for hydroxylation is 2. The molecule has 1 N–H and O–H groups in total. The van der Waals surface area contributed by atoms with Crippen LogP contribution in [0.15, 0.2) is 53.1 Å². The summed E-state index contributed by atoms with van der Waals surface area (Å²) in [5.41, 5.74) is 4.44. The van der Waals surface area contributed by atoms with Crippen LogP contribution in [0.1, 0.15) is 11.1 Å². The zero-order valence-electron chi connectivity index (χ0n) is 16.1. The molecule has 2 aromatic heterocycles. The monoisotopic (exact) mass is 377 g/mol. The topological polar surface area (TPSA) is 74.5 Å². The van der Waals surface area contributed by atoms with Crippen LogP contribution in [0.5, 0.6) is 0 Å². The second-order valence-corrected chi connectivity index (χ2v) is 6.96. The van der Waals surface area contributed by atoms with Crippen molar-refractivity contribution < 1.29 is 9.21 Å². The summed E-state index contributed by atoms with van der Waals surface area (Å²) in [6.45, 7) is 6.86. The van der Waals surface area contributed by atoms with E-state index in [0.717, 1.165) is 17.1 Å². The summed E-state index contributed by atoms with van der Waals surface area (Å²) in [5, 5.41) is 11.6. The van der Waals surface area contributed by atoms with E-state index in [2.05, 4.69) is 52.5 Å². The first-order valence-corrected chi connectivity index (χ1v) is 9.36. The molecular weight excluding hydrogens is 354 g/mol. The van der Waals surface area contributed by atoms with Crippen LogP contribution >= 0.6 is 0 Å². The van der Waals surface area contributed by atoms with E-state index >= 15 is 0 Å². The van der Waals surface area contributed by atoms with Crippen LogP contribution in [-0.4, -0.2) is 47.3 Å². The van der Waals surface area contributed by atoms with E-state index in [9.17, 15) is 4.79 Å². The lowest BCUT2D eigenvalue weighted by molar-refractivity contribution is 0.207. The SMILES string of the molecule is Cc1ccc(-c2ccc(N3CCN(C(=O)Nc4ccco4)CC3)nn2)cc1C. The van der Waals surface area contributed by atoms with Gasteiger partial charge < -0.3 is 14.2 Å². The molecule has 0 saturated carbocycles. The molecule has 0 radical (unpaired) electrons. The van der Waals surface area contributed by atoms with Gasteiger partial charge in [-0.25, -0.2) is 4.79 Å². The number of urea groups is 1. The second kappa shape index (κ2) is 7.72. The van der Waals surface area contributed by atoms with Gasteiger partial charge in [-0.05, 0) is 49.2 Å². The Hall–Kier alpha value is -3.35. The summed E-state index contributed by atoms with van der Waals surface area (Å²) >= 11 is 0. The number of carbonyl (C=O) groups excluding carboxylic acids is 1. The number of carbonyl (C=O) groups is 1. The minimum atomic E-state index is -0.147. The number of anilines is 2. The molecule has 28 heavy (non-hydrogen) atoms. The number of hydrogen-bond acceptors (Lipinski definition) is 5. The highest BCUT2D eigenvalue weighted by molar-refractivity contribution is 5.88. The molecule has 1 saturated heterocycles. The van der Waals surface area contributed by atoms with Crippen molar-refractivity contribution in [3.05, 3.63) is 59.9 Å². The molecule has 1 aromatic carbocycles. The van der Waals surface area contributed by atoms with Crippen LogP contribution in [0.25, 0.3) is 11.3 Å². The fraction of sp³-hybridized carbons (Fsp3) is 0.286. The van der Waals surface area contributed by atoms with Gasteiger partial charge in [0.1, 0.15) is 0 Å². The maximum Gasteiger partial charge on any atom is 0.324 e. The van der Waals surface area contributed by atoms with E-state index in [1.807, 2.05) is 12.1 Å². The van der Waals surface area contributed by atoms with Gasteiger partial charge >= 0.3 is 6.03 Å². The lowest BCUT2D eigenvalue weighted by Crippen LogP contribution is -2.50. The predicted octanol–water partition coefficient (Wildman–Crippen LogP) is 3.71. The van der Waals surface area contributed by atoms with Crippen LogP contribution in [-0.2, 0) is 0 Å². The first kappa shape index (κ1) is 18.0. The molecule has 3 heterocycles. The van der Waals surface area contributed by atoms with E-state index < -0.39 is 0 Å². The number of aromatic nitrogens is 2. The maximum absolute atomic E-state index is 12.3. The Bertz CT molecular complexity index is 945. The zero-order chi connectivity index (χ0) is 19.5. The molecule has 7 heteroatoms. The van der Waals surface area contributed by atoms with Gasteiger partial charge in [0.2, 0.25) is 5.88 Å². The van der Waals surface area contributed by atoms with E-state index in [1.54, 1.807) is 17.0 Å². The Morgan fingerprint density at radius 3 is 2.46 bits per heavy atom. The number of rotatable bonds is 3. The Morgan fingerprint density at radius 1 is 1.00 bits per heavy atom. The summed E-state index contributed by atoms with van der Waals surface area (Å²) in [4.78, 5) is 16.2. The van der Waals surface area contributed by atoms with Crippen LogP contribution in [0.4, 0.5) is 16.5 Å². The summed E-state index contributed by atoms with van der Waals surface area (Å²) in [6.07, 6.45) is 1.54. The molecule has 1 aliphatic rings. The molecule has 4 rings (SSSR count). The Morgan fingerprint density at radius 2 is 1.82 bits per heavy atom. The van der Waals surface area contributed by atoms with Gasteiger partial charge in [-0.1, -0.05) is 12.1 Å². The second-order valence-electron chi connectivity index (χ2n) is 6.96. The molecule has 0 aliphatic carbocycles. The van der Waals surface area contributed by atoms with Crippen molar-refractivity contribution in [1.29, 1.82) is 0 Å². The molecule has 1 aliphatic heterocycles. The van der Waals surface area contributed by atoms with E-state index in [-0.39, 0.29) is 6.03 Å². The van der Waals surface area contributed by atoms with Gasteiger partial charge in [0.05, 0.1) is 12.0 Å². The first-order chi connectivity index (χ1) is 13.6. The van der Waals surface area contributed by atoms with Gasteiger partial charge in [0.25, 0.3) is 0 Å². The van der Waals surface area contributed by atoms with Crippen molar-refractivity contribution >= 4 is 17.7 Å². The van der Waals surface area contributed by atoms with E-state index in [0.29, 0.717) is 32.1 Å². The molecule has 0 unspecified atom stereocenters. The standard InChI is InChI=1S/C21H23N5O2/c1-15-5-6-17(14-16(15)2)18-7-8-19(24-23-18)25-9-11-26(12-10-25)21(27)22-20-4-3-13-28-20/h3-8,13-14H,9-12H2,1-2H3,(H,22,27). The molecular formula is C21H23N5O2. The normalized spacial score (nSPS) is 14.2. The van der Waals surface area contributed by atoms with Crippen molar-refractivity contribution in [3.63, 3.8) is 0 Å². The first-order valence-electron chi connectivity index (χ1n) is 9.36. The number of piperazine rings is 1. The van der Waals surface area contributed by atoms with E-state index in [1.165, 1.54) is 17.4 Å². The largest absolute Gasteiger partial charge is 0.449 e. The van der Waals surface area contributed by atoms with Crippen molar-refractivity contribution in [2.45, 2.75) is 13.8 Å². The molecule has 0 bridgehead atoms. The Kier molecular flexibility index (Phi) is 4.97. The quantitative estimate of drug-likeness (QED) is 0.753. The summed E-state index contributed by atoms with van der Waals surface area (Å²) in [7, 11) is 0. The van der Waals surface area contributed by atoms with Gasteiger partial charge in [0.15, 0.2) is 5.82 Å². The molecule has 1 fully saturated rings. The number of benzene rings is 1. The van der Waals surface area contributed by atoms with Crippen LogP contribution in [0, 0.1) is 13.8 Å². The smallest absolute Gasteiger partial charge is 0.324 e. The lowest BCUT2D eigenvalue weighted by atomic mass is 10.0. The Balaban J connectivity index is 1.37. The minimum absolute atomic E-state index is 0.147. The third kappa shape index (κ3) is 3.83. The highest BCUT2D eigenvalue weighted by Gasteiger charge is 2.22. The number of amides is 2. The van der Waals surface area contributed by atoms with Crippen molar-refractivity contribution in [1.82, 2.24) is 15.1 Å². The molecule has 3 aromatic rings. The number of hydrogen-bond donors (Lipinski definition) is 1. The molecule has 2 amide bonds. The molecule has 0 atom stereocenters. The third-order valence-corrected chi connectivity index (χ3v) is 5.10. The summed E-state index contributed by atoms with van der Waals surface area (Å²) < 4.78 is 5.16. The van der Waals surface area contributed by atoms with Crippen LogP contribution in [0.2, 0.25) is 0 Å². The van der Waals surface area contributed by atoms with Crippen LogP contribution in [0.3, 0.4) is 0 Å². The average Bonchev–Trinajstić information content (AvgIpc) is 3.23. The molecule has 0 spiro atoms. The predicted molar refractivity (Wildman–Crippen MR) is 108 cm³/mol. The average molecular weight is 377 g/mol. The zero-order valence-corrected chi connectivity index (χ0v) is 16.1. The van der Waals surface area contributed by atoms with Crippen molar-refractivity contribution in [2.75, 3.05) is 36.4 Å². The van der Waals surface area contributed by atoms with Crippen molar-refractivity contribution in [2.24, 2.45) is 0 Å². The molecule has 7 nitrogen and oxygen atoms in total. The van der Waals surface area contributed by atoms with Gasteiger partial charge in [-0.3, -0.25) is 5.32 Å². The number of furan rings is 1. The van der Waals surface area contributed by atoms with E-state index in [4.69, 9.17) is 4.42 Å². The van der Waals surface area contributed by atoms with Gasteiger partial charge in [-0.2, -0.15) is 0 Å². The maximum atomic E-state index is 12.3. The lowest BCUT2D eigenvalue weighted by Gasteiger charge is -2.34. The third-order valence-electron chi connectivity index (χ3n) is 5.10. The summed E-state index contributed by atoms with van der Waals surface area (Å²) in [6, 6.07) is 13.6. The Labute approximate surface area is 164 Å². The highest BCUT2D eigenvalue weighted by atomic mass is 16.3.